The molecule has 1 fully saturated rings. The van der Waals surface area contributed by atoms with Crippen LogP contribution in [0.3, 0.4) is 0 Å². The number of Topliss-reactive ketones (excluding diaryl/α,β-unsaturated/α-hetero) is 1. The molecule has 1 heteroatoms. The van der Waals surface area contributed by atoms with Crippen molar-refractivity contribution in [1.82, 2.24) is 0 Å². The maximum Gasteiger partial charge on any atom is 0.166 e. The van der Waals surface area contributed by atoms with Crippen LogP contribution in [0.5, 0.6) is 0 Å². The van der Waals surface area contributed by atoms with Gasteiger partial charge in [0.2, 0.25) is 0 Å². The third-order valence-electron chi connectivity index (χ3n) is 4.20. The van der Waals surface area contributed by atoms with E-state index in [4.69, 9.17) is 0 Å². The van der Waals surface area contributed by atoms with Crippen LogP contribution in [0.4, 0.5) is 0 Å². The van der Waals surface area contributed by atoms with Gasteiger partial charge in [-0.3, -0.25) is 4.79 Å². The summed E-state index contributed by atoms with van der Waals surface area (Å²) in [5, 5.41) is 0. The van der Waals surface area contributed by atoms with Crippen molar-refractivity contribution < 1.29 is 4.79 Å². The lowest BCUT2D eigenvalue weighted by Gasteiger charge is -2.21. The van der Waals surface area contributed by atoms with Crippen LogP contribution in [-0.4, -0.2) is 5.78 Å². The standard InChI is InChI=1S/C17H24O/c1-3-13-10-11-14(4-2)16(12-13)17(18)15-8-6-5-7-9-15/h10-12,15H,3-9H2,1-2H3. The lowest BCUT2D eigenvalue weighted by Crippen LogP contribution is -2.19. The van der Waals surface area contributed by atoms with Gasteiger partial charge in [0, 0.05) is 11.5 Å². The summed E-state index contributed by atoms with van der Waals surface area (Å²) in [6.45, 7) is 4.29. The highest BCUT2D eigenvalue weighted by Crippen LogP contribution is 2.28. The van der Waals surface area contributed by atoms with Gasteiger partial charge in [-0.2, -0.15) is 0 Å². The fraction of sp³-hybridized carbons (Fsp3) is 0.588. The fourth-order valence-electron chi connectivity index (χ4n) is 2.97. The minimum atomic E-state index is 0.288. The van der Waals surface area contributed by atoms with E-state index in [1.807, 2.05) is 0 Å². The molecule has 0 atom stereocenters. The second-order valence-electron chi connectivity index (χ2n) is 5.40. The van der Waals surface area contributed by atoms with Crippen LogP contribution in [0.2, 0.25) is 0 Å². The first-order chi connectivity index (χ1) is 8.76. The maximum absolute atomic E-state index is 12.6. The van der Waals surface area contributed by atoms with Crippen LogP contribution < -0.4 is 0 Å². The molecule has 1 aliphatic carbocycles. The zero-order valence-corrected chi connectivity index (χ0v) is 11.7. The zero-order valence-electron chi connectivity index (χ0n) is 11.7. The van der Waals surface area contributed by atoms with E-state index in [0.717, 1.165) is 31.2 Å². The molecule has 98 valence electrons. The molecular formula is C17H24O. The Morgan fingerprint density at radius 1 is 1.11 bits per heavy atom. The average Bonchev–Trinajstić information content (AvgIpc) is 2.46. The van der Waals surface area contributed by atoms with Gasteiger partial charge in [0.1, 0.15) is 0 Å². The van der Waals surface area contributed by atoms with Gasteiger partial charge in [-0.15, -0.1) is 0 Å². The monoisotopic (exact) mass is 244 g/mol. The van der Waals surface area contributed by atoms with Crippen molar-refractivity contribution in [2.75, 3.05) is 0 Å². The van der Waals surface area contributed by atoms with Gasteiger partial charge in [-0.25, -0.2) is 0 Å². The first kappa shape index (κ1) is 13.3. The number of benzene rings is 1. The van der Waals surface area contributed by atoms with E-state index in [0.29, 0.717) is 5.78 Å². The van der Waals surface area contributed by atoms with E-state index >= 15 is 0 Å². The molecular weight excluding hydrogens is 220 g/mol. The Labute approximate surface area is 111 Å². The lowest BCUT2D eigenvalue weighted by atomic mass is 9.82. The van der Waals surface area contributed by atoms with E-state index in [1.165, 1.54) is 30.4 Å². The molecule has 2 rings (SSSR count). The quantitative estimate of drug-likeness (QED) is 0.709. The second kappa shape index (κ2) is 6.17. The Morgan fingerprint density at radius 2 is 1.83 bits per heavy atom. The molecule has 0 bridgehead atoms. The summed E-state index contributed by atoms with van der Waals surface area (Å²) in [4.78, 5) is 12.6. The van der Waals surface area contributed by atoms with E-state index in [-0.39, 0.29) is 5.92 Å². The van der Waals surface area contributed by atoms with Crippen LogP contribution in [0.1, 0.15) is 67.4 Å². The largest absolute Gasteiger partial charge is 0.294 e. The Balaban J connectivity index is 2.26. The van der Waals surface area contributed by atoms with Gasteiger partial charge >= 0.3 is 0 Å². The summed E-state index contributed by atoms with van der Waals surface area (Å²) in [5.74, 6) is 0.693. The zero-order chi connectivity index (χ0) is 13.0. The number of carbonyl (C=O) groups is 1. The normalized spacial score (nSPS) is 16.8. The Kier molecular flexibility index (Phi) is 4.57. The molecule has 18 heavy (non-hydrogen) atoms. The number of rotatable bonds is 4. The summed E-state index contributed by atoms with van der Waals surface area (Å²) >= 11 is 0. The number of aryl methyl sites for hydroxylation is 2. The molecule has 0 spiro atoms. The van der Waals surface area contributed by atoms with Crippen LogP contribution in [0.15, 0.2) is 18.2 Å². The van der Waals surface area contributed by atoms with Gasteiger partial charge in [-0.05, 0) is 42.9 Å². The molecule has 1 aliphatic rings. The first-order valence-electron chi connectivity index (χ1n) is 7.42. The molecule has 0 aliphatic heterocycles. The van der Waals surface area contributed by atoms with Gasteiger partial charge in [0.05, 0.1) is 0 Å². The number of ketones is 1. The number of hydrogen-bond donors (Lipinski definition) is 0. The highest BCUT2D eigenvalue weighted by Gasteiger charge is 2.23. The first-order valence-corrected chi connectivity index (χ1v) is 7.42. The minimum absolute atomic E-state index is 0.288. The molecule has 0 aromatic heterocycles. The Hall–Kier alpha value is -1.11. The third kappa shape index (κ3) is 2.82. The Bertz CT molecular complexity index is 414. The lowest BCUT2D eigenvalue weighted by molar-refractivity contribution is 0.0888. The molecule has 0 heterocycles. The fourth-order valence-corrected chi connectivity index (χ4v) is 2.97. The highest BCUT2D eigenvalue weighted by molar-refractivity contribution is 5.99. The van der Waals surface area contributed by atoms with Crippen LogP contribution in [0.25, 0.3) is 0 Å². The van der Waals surface area contributed by atoms with Gasteiger partial charge < -0.3 is 0 Å². The summed E-state index contributed by atoms with van der Waals surface area (Å²) in [5.41, 5.74) is 3.51. The summed E-state index contributed by atoms with van der Waals surface area (Å²) in [6, 6.07) is 6.45. The molecule has 0 radical (unpaired) electrons. The average molecular weight is 244 g/mol. The van der Waals surface area contributed by atoms with E-state index in [1.54, 1.807) is 0 Å². The topological polar surface area (TPSA) is 17.1 Å². The van der Waals surface area contributed by atoms with Crippen molar-refractivity contribution in [2.24, 2.45) is 5.92 Å². The van der Waals surface area contributed by atoms with Crippen molar-refractivity contribution >= 4 is 5.78 Å². The van der Waals surface area contributed by atoms with Crippen molar-refractivity contribution in [3.8, 4) is 0 Å². The molecule has 1 aromatic carbocycles. The van der Waals surface area contributed by atoms with Crippen LogP contribution in [0, 0.1) is 5.92 Å². The van der Waals surface area contributed by atoms with Crippen molar-refractivity contribution in [2.45, 2.75) is 58.8 Å². The third-order valence-corrected chi connectivity index (χ3v) is 4.20. The SMILES string of the molecule is CCc1ccc(CC)c(C(=O)C2CCCCC2)c1. The van der Waals surface area contributed by atoms with Crippen molar-refractivity contribution in [3.63, 3.8) is 0 Å². The van der Waals surface area contributed by atoms with Crippen molar-refractivity contribution in [1.29, 1.82) is 0 Å². The maximum atomic E-state index is 12.6. The number of hydrogen-bond acceptors (Lipinski definition) is 1. The van der Waals surface area contributed by atoms with Crippen molar-refractivity contribution in [3.05, 3.63) is 34.9 Å². The molecule has 0 unspecified atom stereocenters. The molecule has 0 amide bonds. The predicted molar refractivity (Wildman–Crippen MR) is 76.1 cm³/mol. The van der Waals surface area contributed by atoms with Crippen LogP contribution in [-0.2, 0) is 12.8 Å². The predicted octanol–water partition coefficient (Wildman–Crippen LogP) is 4.57. The molecule has 1 nitrogen and oxygen atoms in total. The summed E-state index contributed by atoms with van der Waals surface area (Å²) in [7, 11) is 0. The van der Waals surface area contributed by atoms with Gasteiger partial charge in [-0.1, -0.05) is 45.2 Å². The number of carbonyl (C=O) groups excluding carboxylic acids is 1. The van der Waals surface area contributed by atoms with Gasteiger partial charge in [0.15, 0.2) is 5.78 Å². The van der Waals surface area contributed by atoms with E-state index < -0.39 is 0 Å². The van der Waals surface area contributed by atoms with E-state index in [9.17, 15) is 4.79 Å². The molecule has 0 saturated heterocycles. The van der Waals surface area contributed by atoms with E-state index in [2.05, 4.69) is 32.0 Å². The second-order valence-corrected chi connectivity index (χ2v) is 5.40. The smallest absolute Gasteiger partial charge is 0.166 e. The molecule has 1 saturated carbocycles. The molecule has 0 N–H and O–H groups in total. The molecule has 1 aromatic rings. The minimum Gasteiger partial charge on any atom is -0.294 e. The Morgan fingerprint density at radius 3 is 2.44 bits per heavy atom. The van der Waals surface area contributed by atoms with Crippen LogP contribution >= 0.6 is 0 Å². The summed E-state index contributed by atoms with van der Waals surface area (Å²) in [6.07, 6.45) is 7.92. The highest BCUT2D eigenvalue weighted by atomic mass is 16.1. The summed E-state index contributed by atoms with van der Waals surface area (Å²) < 4.78 is 0. The van der Waals surface area contributed by atoms with Gasteiger partial charge in [0.25, 0.3) is 0 Å².